The first-order valence-corrected chi connectivity index (χ1v) is 11.7. The molecule has 0 saturated carbocycles. The van der Waals surface area contributed by atoms with Gasteiger partial charge in [0, 0.05) is 46.4 Å². The number of hydrogen-bond acceptors (Lipinski definition) is 7. The summed E-state index contributed by atoms with van der Waals surface area (Å²) >= 11 is 0. The first-order valence-electron chi connectivity index (χ1n) is 11.7. The highest BCUT2D eigenvalue weighted by atomic mass is 16.1. The number of amides is 1. The molecule has 4 aromatic rings. The van der Waals surface area contributed by atoms with E-state index in [1.165, 1.54) is 6.08 Å². The van der Waals surface area contributed by atoms with Gasteiger partial charge in [-0.2, -0.15) is 0 Å². The molecule has 0 aliphatic carbocycles. The van der Waals surface area contributed by atoms with Gasteiger partial charge in [-0.1, -0.05) is 18.7 Å². The van der Waals surface area contributed by atoms with Crippen LogP contribution in [-0.4, -0.2) is 40.0 Å². The van der Waals surface area contributed by atoms with Crippen molar-refractivity contribution in [3.8, 4) is 11.3 Å². The Bertz CT molecular complexity index is 1350. The zero-order valence-electron chi connectivity index (χ0n) is 19.3. The Hall–Kier alpha value is -4.30. The molecule has 35 heavy (non-hydrogen) atoms. The van der Waals surface area contributed by atoms with Gasteiger partial charge in [-0.25, -0.2) is 9.97 Å². The van der Waals surface area contributed by atoms with Crippen LogP contribution in [0, 0.1) is 0 Å². The number of piperidine rings is 1. The number of aromatic nitrogens is 3. The largest absolute Gasteiger partial charge is 0.382 e. The summed E-state index contributed by atoms with van der Waals surface area (Å²) < 4.78 is 0. The molecule has 2 aromatic carbocycles. The van der Waals surface area contributed by atoms with Crippen molar-refractivity contribution in [3.63, 3.8) is 0 Å². The average molecular weight is 466 g/mol. The quantitative estimate of drug-likeness (QED) is 0.293. The summed E-state index contributed by atoms with van der Waals surface area (Å²) in [7, 11) is 0. The third kappa shape index (κ3) is 5.44. The van der Waals surface area contributed by atoms with Gasteiger partial charge in [-0.3, -0.25) is 9.78 Å². The molecule has 1 amide bonds. The van der Waals surface area contributed by atoms with E-state index in [2.05, 4.69) is 49.9 Å². The maximum absolute atomic E-state index is 11.7. The number of anilines is 4. The molecule has 5 rings (SSSR count). The fourth-order valence-electron chi connectivity index (χ4n) is 4.15. The van der Waals surface area contributed by atoms with Gasteiger partial charge in [0.1, 0.15) is 5.52 Å². The molecule has 0 unspecified atom stereocenters. The second-order valence-electron chi connectivity index (χ2n) is 8.44. The zero-order valence-corrected chi connectivity index (χ0v) is 19.3. The van der Waals surface area contributed by atoms with E-state index in [9.17, 15) is 4.79 Å². The number of hydrogen-bond donors (Lipinski definition) is 4. The van der Waals surface area contributed by atoms with Crippen molar-refractivity contribution in [2.45, 2.75) is 18.9 Å². The molecule has 0 radical (unpaired) electrons. The van der Waals surface area contributed by atoms with E-state index < -0.39 is 0 Å². The Morgan fingerprint density at radius 1 is 1.00 bits per heavy atom. The molecular formula is C27H27N7O. The normalized spacial score (nSPS) is 13.8. The summed E-state index contributed by atoms with van der Waals surface area (Å²) in [4.78, 5) is 25.5. The molecule has 2 aromatic heterocycles. The van der Waals surface area contributed by atoms with Crippen LogP contribution >= 0.6 is 0 Å². The van der Waals surface area contributed by atoms with Crippen LogP contribution in [0.5, 0.6) is 0 Å². The number of carbonyl (C=O) groups is 1. The van der Waals surface area contributed by atoms with Crippen molar-refractivity contribution in [1.82, 2.24) is 20.3 Å². The van der Waals surface area contributed by atoms with Crippen molar-refractivity contribution in [2.75, 3.05) is 29.0 Å². The van der Waals surface area contributed by atoms with E-state index in [0.717, 1.165) is 53.8 Å². The van der Waals surface area contributed by atoms with Crippen LogP contribution in [0.15, 0.2) is 79.6 Å². The Morgan fingerprint density at radius 3 is 2.60 bits per heavy atom. The van der Waals surface area contributed by atoms with Gasteiger partial charge in [0.05, 0.1) is 5.69 Å². The van der Waals surface area contributed by atoms with Gasteiger partial charge in [0.25, 0.3) is 0 Å². The van der Waals surface area contributed by atoms with E-state index in [1.807, 2.05) is 42.5 Å². The minimum atomic E-state index is -0.265. The minimum Gasteiger partial charge on any atom is -0.382 e. The molecule has 8 heteroatoms. The van der Waals surface area contributed by atoms with Crippen LogP contribution in [0.25, 0.3) is 22.2 Å². The van der Waals surface area contributed by atoms with Crippen LogP contribution in [-0.2, 0) is 4.79 Å². The molecule has 1 fully saturated rings. The highest BCUT2D eigenvalue weighted by Crippen LogP contribution is 2.28. The molecule has 8 nitrogen and oxygen atoms in total. The maximum atomic E-state index is 11.7. The summed E-state index contributed by atoms with van der Waals surface area (Å²) in [6.07, 6.45) is 7.02. The van der Waals surface area contributed by atoms with Crippen molar-refractivity contribution in [3.05, 3.63) is 79.6 Å². The summed E-state index contributed by atoms with van der Waals surface area (Å²) in [5, 5.41) is 13.9. The molecule has 176 valence electrons. The lowest BCUT2D eigenvalue weighted by Gasteiger charge is -2.24. The Labute approximate surface area is 203 Å². The van der Waals surface area contributed by atoms with Gasteiger partial charge >= 0.3 is 0 Å². The summed E-state index contributed by atoms with van der Waals surface area (Å²) in [5.74, 6) is 0.223. The summed E-state index contributed by atoms with van der Waals surface area (Å²) in [6.45, 7) is 5.61. The number of fused-ring (bicyclic) bond motifs is 1. The van der Waals surface area contributed by atoms with E-state index in [4.69, 9.17) is 4.98 Å². The van der Waals surface area contributed by atoms with Crippen LogP contribution < -0.4 is 21.3 Å². The third-order valence-electron chi connectivity index (χ3n) is 5.94. The number of nitrogens with zero attached hydrogens (tertiary/aromatic N) is 3. The second kappa shape index (κ2) is 10.3. The van der Waals surface area contributed by atoms with E-state index >= 15 is 0 Å². The number of rotatable bonds is 7. The molecule has 1 saturated heterocycles. The van der Waals surface area contributed by atoms with Crippen LogP contribution in [0.1, 0.15) is 12.8 Å². The lowest BCUT2D eigenvalue weighted by molar-refractivity contribution is -0.111. The zero-order chi connectivity index (χ0) is 24.0. The first-order chi connectivity index (χ1) is 17.2. The summed E-state index contributed by atoms with van der Waals surface area (Å²) in [5.41, 5.74) is 4.95. The maximum Gasteiger partial charge on any atom is 0.247 e. The molecule has 0 atom stereocenters. The predicted octanol–water partition coefficient (Wildman–Crippen LogP) is 4.72. The molecule has 1 aliphatic heterocycles. The Balaban J connectivity index is 1.37. The van der Waals surface area contributed by atoms with Crippen LogP contribution in [0.3, 0.4) is 0 Å². The van der Waals surface area contributed by atoms with Gasteiger partial charge in [0.15, 0.2) is 0 Å². The molecule has 3 heterocycles. The van der Waals surface area contributed by atoms with Gasteiger partial charge in [-0.05, 0) is 74.5 Å². The minimum absolute atomic E-state index is 0.265. The number of benzene rings is 2. The van der Waals surface area contributed by atoms with Gasteiger partial charge in [0.2, 0.25) is 11.9 Å². The molecule has 0 bridgehead atoms. The van der Waals surface area contributed by atoms with Crippen LogP contribution in [0.4, 0.5) is 23.0 Å². The third-order valence-corrected chi connectivity index (χ3v) is 5.94. The van der Waals surface area contributed by atoms with E-state index in [-0.39, 0.29) is 5.91 Å². The highest BCUT2D eigenvalue weighted by molar-refractivity contribution is 5.99. The standard InChI is InChI=1S/C27H27N7O/c1-2-24(35)32-23-5-3-4-18(16-23)25-26-19(10-15-29-25)17-30-27(34-26)33-21-8-6-20(7-9-21)31-22-11-13-28-14-12-22/h2-10,15-17,22,28,31H,1,11-14H2,(H,32,35)(H,30,33,34). The fourth-order valence-corrected chi connectivity index (χ4v) is 4.15. The summed E-state index contributed by atoms with van der Waals surface area (Å²) in [6, 6.07) is 18.1. The predicted molar refractivity (Wildman–Crippen MR) is 141 cm³/mol. The van der Waals surface area contributed by atoms with Crippen molar-refractivity contribution in [1.29, 1.82) is 0 Å². The monoisotopic (exact) mass is 465 g/mol. The highest BCUT2D eigenvalue weighted by Gasteiger charge is 2.13. The first kappa shape index (κ1) is 22.5. The van der Waals surface area contributed by atoms with E-state index in [0.29, 0.717) is 23.4 Å². The number of carbonyl (C=O) groups excluding carboxylic acids is 1. The number of nitrogens with one attached hydrogen (secondary N) is 4. The number of pyridine rings is 1. The van der Waals surface area contributed by atoms with Crippen LogP contribution in [0.2, 0.25) is 0 Å². The van der Waals surface area contributed by atoms with Crippen molar-refractivity contribution >= 4 is 39.8 Å². The molecular weight excluding hydrogens is 438 g/mol. The molecule has 0 spiro atoms. The fraction of sp³-hybridized carbons (Fsp3) is 0.185. The van der Waals surface area contributed by atoms with Crippen molar-refractivity contribution in [2.24, 2.45) is 0 Å². The lowest BCUT2D eigenvalue weighted by atomic mass is 10.1. The topological polar surface area (TPSA) is 104 Å². The average Bonchev–Trinajstić information content (AvgIpc) is 2.90. The Kier molecular flexibility index (Phi) is 6.63. The van der Waals surface area contributed by atoms with Gasteiger partial charge in [-0.15, -0.1) is 0 Å². The SMILES string of the molecule is C=CC(=O)Nc1cccc(-c2nccc3cnc(Nc4ccc(NC5CCNCC5)cc4)nc23)c1. The lowest BCUT2D eigenvalue weighted by Crippen LogP contribution is -2.35. The smallest absolute Gasteiger partial charge is 0.247 e. The molecule has 4 N–H and O–H groups in total. The van der Waals surface area contributed by atoms with Crippen molar-refractivity contribution < 1.29 is 4.79 Å². The molecule has 1 aliphatic rings. The Morgan fingerprint density at radius 2 is 1.80 bits per heavy atom. The van der Waals surface area contributed by atoms with Gasteiger partial charge < -0.3 is 21.3 Å². The van der Waals surface area contributed by atoms with E-state index in [1.54, 1.807) is 12.4 Å². The second-order valence-corrected chi connectivity index (χ2v) is 8.44.